The van der Waals surface area contributed by atoms with Crippen LogP contribution < -0.4 is 10.4 Å². The molecule has 146 valence electrons. The Morgan fingerprint density at radius 3 is 2.57 bits per heavy atom. The first kappa shape index (κ1) is 18.1. The van der Waals surface area contributed by atoms with Crippen LogP contribution in [0.1, 0.15) is 37.4 Å². The van der Waals surface area contributed by atoms with Crippen LogP contribution >= 0.6 is 0 Å². The van der Waals surface area contributed by atoms with Gasteiger partial charge in [-0.25, -0.2) is 10.0 Å². The van der Waals surface area contributed by atoms with Crippen molar-refractivity contribution >= 4 is 23.3 Å². The van der Waals surface area contributed by atoms with Crippen LogP contribution in [0.15, 0.2) is 39.8 Å². The van der Waals surface area contributed by atoms with Crippen LogP contribution in [0.2, 0.25) is 0 Å². The predicted molar refractivity (Wildman–Crippen MR) is 102 cm³/mol. The number of para-hydroxylation sites is 1. The Hall–Kier alpha value is -3.23. The number of nitrogens with one attached hydrogen (secondary N) is 1. The molecule has 9 heteroatoms. The number of piperidine rings is 1. The van der Waals surface area contributed by atoms with Crippen LogP contribution in [0.25, 0.3) is 0 Å². The summed E-state index contributed by atoms with van der Waals surface area (Å²) in [7, 11) is 0. The molecule has 1 aromatic carbocycles. The standard InChI is InChI=1S/C19H22N6O3/c1-12-18(26)25(15-6-4-3-5-7-15)22-16(20-12)19(27)24-10-8-14(9-11-24)17-21-13(2)23-28-17/h3-7,12,14H,8-11H2,1-2H3,(H,20,22). The molecule has 9 nitrogen and oxygen atoms in total. The Morgan fingerprint density at radius 1 is 1.21 bits per heavy atom. The molecule has 2 aromatic rings. The van der Waals surface area contributed by atoms with Crippen LogP contribution in [-0.2, 0) is 9.59 Å². The molecule has 1 aromatic heterocycles. The second-order valence-electron chi connectivity index (χ2n) is 7.02. The number of amides is 2. The second-order valence-corrected chi connectivity index (χ2v) is 7.02. The van der Waals surface area contributed by atoms with Gasteiger partial charge in [0.05, 0.1) is 5.69 Å². The molecule has 0 saturated carbocycles. The molecular weight excluding hydrogens is 360 g/mol. The van der Waals surface area contributed by atoms with E-state index >= 15 is 0 Å². The Labute approximate surface area is 162 Å². The van der Waals surface area contributed by atoms with Crippen LogP contribution in [0.5, 0.6) is 0 Å². The summed E-state index contributed by atoms with van der Waals surface area (Å²) in [6, 6.07) is 8.54. The van der Waals surface area contributed by atoms with Crippen LogP contribution in [0, 0.1) is 6.92 Å². The molecule has 1 N–H and O–H groups in total. The maximum absolute atomic E-state index is 13.0. The number of aromatic nitrogens is 2. The summed E-state index contributed by atoms with van der Waals surface area (Å²) in [4.78, 5) is 35.8. The van der Waals surface area contributed by atoms with E-state index in [0.717, 1.165) is 12.8 Å². The van der Waals surface area contributed by atoms with Gasteiger partial charge in [0.1, 0.15) is 6.04 Å². The van der Waals surface area contributed by atoms with Gasteiger partial charge in [-0.15, -0.1) is 0 Å². The summed E-state index contributed by atoms with van der Waals surface area (Å²) in [6.45, 7) is 4.62. The Balaban J connectivity index is 1.44. The van der Waals surface area contributed by atoms with Gasteiger partial charge in [0.25, 0.3) is 11.8 Å². The van der Waals surface area contributed by atoms with Gasteiger partial charge in [-0.2, -0.15) is 4.98 Å². The number of carbonyl (C=O) groups excluding carboxylic acids is 2. The van der Waals surface area contributed by atoms with Crippen LogP contribution in [0.4, 0.5) is 5.69 Å². The lowest BCUT2D eigenvalue weighted by Gasteiger charge is -2.34. The molecule has 0 radical (unpaired) electrons. The molecule has 0 aliphatic carbocycles. The van der Waals surface area contributed by atoms with E-state index < -0.39 is 6.04 Å². The van der Waals surface area contributed by atoms with Crippen LogP contribution in [0.3, 0.4) is 0 Å². The number of hydrogen-bond acceptors (Lipinski definition) is 7. The number of hydrogen-bond donors (Lipinski definition) is 1. The van der Waals surface area contributed by atoms with E-state index in [-0.39, 0.29) is 23.6 Å². The lowest BCUT2D eigenvalue weighted by Crippen LogP contribution is -2.59. The van der Waals surface area contributed by atoms with E-state index in [1.165, 1.54) is 5.01 Å². The largest absolute Gasteiger partial charge is 0.339 e. The minimum atomic E-state index is -0.626. The molecule has 3 heterocycles. The highest BCUT2D eigenvalue weighted by atomic mass is 16.5. The topological polar surface area (TPSA) is 104 Å². The van der Waals surface area contributed by atoms with Gasteiger partial charge in [-0.3, -0.25) is 15.0 Å². The van der Waals surface area contributed by atoms with Crippen molar-refractivity contribution < 1.29 is 14.1 Å². The first-order valence-electron chi connectivity index (χ1n) is 9.36. The third-order valence-corrected chi connectivity index (χ3v) is 5.01. The third kappa shape index (κ3) is 3.47. The quantitative estimate of drug-likeness (QED) is 0.861. The third-order valence-electron chi connectivity index (χ3n) is 5.01. The van der Waals surface area contributed by atoms with E-state index in [1.54, 1.807) is 18.7 Å². The average Bonchev–Trinajstić information content (AvgIpc) is 3.16. The smallest absolute Gasteiger partial charge is 0.290 e. The van der Waals surface area contributed by atoms with Gasteiger partial charge in [0, 0.05) is 19.0 Å². The van der Waals surface area contributed by atoms with Crippen molar-refractivity contribution in [1.82, 2.24) is 20.5 Å². The van der Waals surface area contributed by atoms with E-state index in [9.17, 15) is 9.59 Å². The number of benzene rings is 1. The molecule has 1 fully saturated rings. The van der Waals surface area contributed by atoms with Crippen molar-refractivity contribution in [3.05, 3.63) is 42.0 Å². The summed E-state index contributed by atoms with van der Waals surface area (Å²) >= 11 is 0. The minimum absolute atomic E-state index is 0.160. The molecule has 2 aliphatic rings. The van der Waals surface area contributed by atoms with Gasteiger partial charge in [-0.05, 0) is 38.8 Å². The molecule has 0 bridgehead atoms. The van der Waals surface area contributed by atoms with E-state index in [0.29, 0.717) is 30.5 Å². The van der Waals surface area contributed by atoms with Crippen LogP contribution in [-0.4, -0.2) is 51.8 Å². The molecule has 2 aliphatic heterocycles. The number of nitrogens with zero attached hydrogens (tertiary/aromatic N) is 5. The van der Waals surface area contributed by atoms with Crippen molar-refractivity contribution in [2.45, 2.75) is 38.6 Å². The number of hydrazine groups is 1. The van der Waals surface area contributed by atoms with E-state index in [1.807, 2.05) is 30.3 Å². The molecule has 1 atom stereocenters. The number of carbonyl (C=O) groups is 2. The average molecular weight is 382 g/mol. The molecule has 2 amide bonds. The highest BCUT2D eigenvalue weighted by Gasteiger charge is 2.34. The number of likely N-dealkylation sites (tertiary alicyclic amines) is 1. The lowest BCUT2D eigenvalue weighted by atomic mass is 9.96. The molecule has 1 unspecified atom stereocenters. The van der Waals surface area contributed by atoms with Gasteiger partial charge >= 0.3 is 0 Å². The first-order valence-corrected chi connectivity index (χ1v) is 9.36. The predicted octanol–water partition coefficient (Wildman–Crippen LogP) is 1.42. The fourth-order valence-electron chi connectivity index (χ4n) is 3.46. The molecule has 0 spiro atoms. The van der Waals surface area contributed by atoms with E-state index in [4.69, 9.17) is 4.52 Å². The van der Waals surface area contributed by atoms with E-state index in [2.05, 4.69) is 20.6 Å². The lowest BCUT2D eigenvalue weighted by molar-refractivity contribution is -0.125. The first-order chi connectivity index (χ1) is 13.5. The number of anilines is 1. The fourth-order valence-corrected chi connectivity index (χ4v) is 3.46. The van der Waals surface area contributed by atoms with Gasteiger partial charge in [-0.1, -0.05) is 23.4 Å². The van der Waals surface area contributed by atoms with Gasteiger partial charge in [0.15, 0.2) is 5.82 Å². The summed E-state index contributed by atoms with van der Waals surface area (Å²) in [5, 5.41) is 5.23. The van der Waals surface area contributed by atoms with Gasteiger partial charge in [0.2, 0.25) is 11.7 Å². The molecule has 28 heavy (non-hydrogen) atoms. The number of aryl methyl sites for hydroxylation is 1. The molecular formula is C19H22N6O3. The number of amidine groups is 1. The minimum Gasteiger partial charge on any atom is -0.339 e. The Kier molecular flexibility index (Phi) is 4.81. The summed E-state index contributed by atoms with van der Waals surface area (Å²) in [5.41, 5.74) is 3.57. The number of aliphatic imine (C=N–C) groups is 1. The SMILES string of the molecule is Cc1noc(C2CCN(C(=O)C3=NC(C)C(=O)N(c4ccccc4)N3)CC2)n1. The summed E-state index contributed by atoms with van der Waals surface area (Å²) in [5.74, 6) is 1.19. The summed E-state index contributed by atoms with van der Waals surface area (Å²) < 4.78 is 5.26. The zero-order valence-corrected chi connectivity index (χ0v) is 15.8. The normalized spacial score (nSPS) is 20.7. The maximum atomic E-state index is 13.0. The second kappa shape index (κ2) is 7.41. The highest BCUT2D eigenvalue weighted by molar-refractivity contribution is 6.39. The van der Waals surface area contributed by atoms with Crippen molar-refractivity contribution in [3.63, 3.8) is 0 Å². The van der Waals surface area contributed by atoms with Gasteiger partial charge < -0.3 is 9.42 Å². The molecule has 1 saturated heterocycles. The monoisotopic (exact) mass is 382 g/mol. The van der Waals surface area contributed by atoms with Crippen molar-refractivity contribution in [1.29, 1.82) is 0 Å². The zero-order chi connectivity index (χ0) is 19.7. The fraction of sp³-hybridized carbons (Fsp3) is 0.421. The Morgan fingerprint density at radius 2 is 1.93 bits per heavy atom. The maximum Gasteiger partial charge on any atom is 0.290 e. The zero-order valence-electron chi connectivity index (χ0n) is 15.8. The van der Waals surface area contributed by atoms with Crippen molar-refractivity contribution in [2.24, 2.45) is 4.99 Å². The highest BCUT2D eigenvalue weighted by Crippen LogP contribution is 2.27. The number of rotatable bonds is 3. The van der Waals surface area contributed by atoms with Crippen molar-refractivity contribution in [2.75, 3.05) is 18.1 Å². The Bertz CT molecular complexity index is 901. The summed E-state index contributed by atoms with van der Waals surface area (Å²) in [6.07, 6.45) is 1.50. The molecule has 4 rings (SSSR count). The van der Waals surface area contributed by atoms with Crippen molar-refractivity contribution in [3.8, 4) is 0 Å².